The molecule has 1 spiro atoms. The van der Waals surface area contributed by atoms with E-state index in [2.05, 4.69) is 0 Å². The Morgan fingerprint density at radius 3 is 2.12 bits per heavy atom. The molecule has 0 aromatic heterocycles. The number of carbonyl (C=O) groups is 4. The van der Waals surface area contributed by atoms with Gasteiger partial charge in [-0.1, -0.05) is 72.8 Å². The first-order chi connectivity index (χ1) is 16.4. The molecule has 0 N–H and O–H groups in total. The summed E-state index contributed by atoms with van der Waals surface area (Å²) in [7, 11) is 0. The second kappa shape index (κ2) is 7.74. The van der Waals surface area contributed by atoms with Crippen LogP contribution in [0, 0.1) is 11.8 Å². The van der Waals surface area contributed by atoms with Crippen LogP contribution in [0.25, 0.3) is 0 Å². The van der Waals surface area contributed by atoms with Gasteiger partial charge >= 0.3 is 0 Å². The van der Waals surface area contributed by atoms with Gasteiger partial charge in [-0.2, -0.15) is 0 Å². The van der Waals surface area contributed by atoms with E-state index in [1.54, 1.807) is 36.4 Å². The number of hydrogen-bond donors (Lipinski definition) is 0. The lowest BCUT2D eigenvalue weighted by Crippen LogP contribution is -2.52. The molecule has 8 heteroatoms. The number of amides is 2. The number of likely N-dealkylation sites (tertiary alicyclic amines) is 1. The molecule has 3 fully saturated rings. The summed E-state index contributed by atoms with van der Waals surface area (Å²) in [5.41, 5.74) is -1.21. The first-order valence-corrected chi connectivity index (χ1v) is 12.3. The third kappa shape index (κ3) is 2.79. The van der Waals surface area contributed by atoms with Crippen LogP contribution in [0.2, 0.25) is 10.0 Å². The summed E-state index contributed by atoms with van der Waals surface area (Å²) in [5.74, 6) is -4.28. The maximum atomic E-state index is 13.9. The first kappa shape index (κ1) is 22.0. The quantitative estimate of drug-likeness (QED) is 0.438. The van der Waals surface area contributed by atoms with Crippen molar-refractivity contribution in [2.75, 3.05) is 0 Å². The number of hydrogen-bond acceptors (Lipinski definition) is 5. The topological polar surface area (TPSA) is 80.8 Å². The number of ether oxygens (including phenoxy) is 1. The number of benzene rings is 2. The van der Waals surface area contributed by atoms with Gasteiger partial charge in [-0.15, -0.1) is 0 Å². The lowest BCUT2D eigenvalue weighted by Gasteiger charge is -2.33. The van der Waals surface area contributed by atoms with Gasteiger partial charge in [0, 0.05) is 32.8 Å². The molecule has 2 saturated heterocycles. The summed E-state index contributed by atoms with van der Waals surface area (Å²) in [6.45, 7) is 0. The summed E-state index contributed by atoms with van der Waals surface area (Å²) >= 11 is 12.6. The molecule has 0 bridgehead atoms. The van der Waals surface area contributed by atoms with Crippen LogP contribution in [0.3, 0.4) is 0 Å². The zero-order valence-electron chi connectivity index (χ0n) is 18.1. The number of halogens is 2. The Morgan fingerprint density at radius 1 is 0.853 bits per heavy atom. The lowest BCUT2D eigenvalue weighted by atomic mass is 9.77. The molecule has 2 aromatic carbocycles. The fourth-order valence-corrected chi connectivity index (χ4v) is 6.77. The lowest BCUT2D eigenvalue weighted by molar-refractivity contribution is -0.148. The van der Waals surface area contributed by atoms with Gasteiger partial charge in [0.1, 0.15) is 0 Å². The molecule has 3 atom stereocenters. The van der Waals surface area contributed by atoms with Crippen LogP contribution in [0.1, 0.15) is 64.5 Å². The minimum Gasteiger partial charge on any atom is -0.349 e. The highest BCUT2D eigenvalue weighted by atomic mass is 35.5. The molecule has 174 valence electrons. The van der Waals surface area contributed by atoms with Crippen molar-refractivity contribution < 1.29 is 23.9 Å². The van der Waals surface area contributed by atoms with Gasteiger partial charge < -0.3 is 4.74 Å². The molecule has 1 saturated carbocycles. The highest BCUT2D eigenvalue weighted by Gasteiger charge is 2.75. The van der Waals surface area contributed by atoms with Crippen molar-refractivity contribution >= 4 is 46.6 Å². The molecular formula is C26H21Cl2NO5. The van der Waals surface area contributed by atoms with Crippen molar-refractivity contribution in [3.05, 3.63) is 69.2 Å². The number of rotatable bonds is 2. The average molecular weight is 498 g/mol. The Balaban J connectivity index is 1.52. The summed E-state index contributed by atoms with van der Waals surface area (Å²) in [4.78, 5) is 56.5. The SMILES string of the molecule is O=C1[C@@H]2[C@@H](C(=O)N1C1CCCCC1)C1(O[C@H]2c2ccc(Cl)cc2Cl)C(=O)c2ccccc2C1=O. The molecule has 6 rings (SSSR count). The first-order valence-electron chi connectivity index (χ1n) is 11.5. The normalized spacial score (nSPS) is 28.2. The molecular weight excluding hydrogens is 477 g/mol. The second-order valence-electron chi connectivity index (χ2n) is 9.49. The summed E-state index contributed by atoms with van der Waals surface area (Å²) in [6, 6.07) is 11.0. The van der Waals surface area contributed by atoms with Crippen LogP contribution >= 0.6 is 23.2 Å². The predicted molar refractivity (Wildman–Crippen MR) is 124 cm³/mol. The van der Waals surface area contributed by atoms with Gasteiger partial charge in [0.25, 0.3) is 0 Å². The van der Waals surface area contributed by atoms with Crippen molar-refractivity contribution in [2.45, 2.75) is 49.9 Å². The summed E-state index contributed by atoms with van der Waals surface area (Å²) in [5, 5.41) is 0.649. The van der Waals surface area contributed by atoms with Crippen molar-refractivity contribution in [3.63, 3.8) is 0 Å². The van der Waals surface area contributed by atoms with Gasteiger partial charge in [-0.05, 0) is 25.0 Å². The van der Waals surface area contributed by atoms with Crippen LogP contribution in [-0.2, 0) is 14.3 Å². The number of fused-ring (bicyclic) bond motifs is 3. The molecule has 4 aliphatic rings. The minimum atomic E-state index is -2.07. The molecule has 6 nitrogen and oxygen atoms in total. The predicted octanol–water partition coefficient (Wildman–Crippen LogP) is 4.82. The zero-order valence-corrected chi connectivity index (χ0v) is 19.6. The van der Waals surface area contributed by atoms with Gasteiger partial charge in [0.05, 0.1) is 17.9 Å². The zero-order chi connectivity index (χ0) is 23.8. The van der Waals surface area contributed by atoms with Crippen molar-refractivity contribution in [3.8, 4) is 0 Å². The fourth-order valence-electron chi connectivity index (χ4n) is 6.25. The van der Waals surface area contributed by atoms with E-state index >= 15 is 0 Å². The average Bonchev–Trinajstić information content (AvgIpc) is 3.40. The van der Waals surface area contributed by atoms with E-state index in [9.17, 15) is 19.2 Å². The molecule has 0 unspecified atom stereocenters. The molecule has 34 heavy (non-hydrogen) atoms. The fraction of sp³-hybridized carbons (Fsp3) is 0.385. The van der Waals surface area contributed by atoms with Crippen LogP contribution < -0.4 is 0 Å². The Kier molecular flexibility index (Phi) is 5.00. The Hall–Kier alpha value is -2.54. The van der Waals surface area contributed by atoms with E-state index in [1.165, 1.54) is 11.0 Å². The molecule has 2 aromatic rings. The maximum absolute atomic E-state index is 13.9. The van der Waals surface area contributed by atoms with Crippen LogP contribution in [0.5, 0.6) is 0 Å². The number of ketones is 2. The van der Waals surface area contributed by atoms with Gasteiger partial charge in [-0.3, -0.25) is 24.1 Å². The van der Waals surface area contributed by atoms with Crippen molar-refractivity contribution in [1.29, 1.82) is 0 Å². The van der Waals surface area contributed by atoms with Gasteiger partial charge in [0.2, 0.25) is 29.0 Å². The second-order valence-corrected chi connectivity index (χ2v) is 10.3. The number of imide groups is 1. The molecule has 2 amide bonds. The third-order valence-corrected chi connectivity index (χ3v) is 8.32. The minimum absolute atomic E-state index is 0.213. The summed E-state index contributed by atoms with van der Waals surface area (Å²) in [6.07, 6.45) is 3.32. The van der Waals surface area contributed by atoms with E-state index < -0.39 is 46.9 Å². The van der Waals surface area contributed by atoms with Crippen LogP contribution in [-0.4, -0.2) is 39.9 Å². The standard InChI is InChI=1S/C26H21Cl2NO5/c27-13-10-11-17(18(28)12-13)21-19-20(25(33)29(24(19)32)14-6-2-1-3-7-14)26(34-21)22(30)15-8-4-5-9-16(15)23(26)31/h4-5,8-12,14,19-21H,1-3,6-7H2/t19-,20+,21+/m1/s1. The van der Waals surface area contributed by atoms with Gasteiger partial charge in [0.15, 0.2) is 0 Å². The Labute approximate surface area is 206 Å². The maximum Gasteiger partial charge on any atom is 0.237 e. The molecule has 2 aliphatic carbocycles. The molecule has 0 radical (unpaired) electrons. The van der Waals surface area contributed by atoms with Crippen LogP contribution in [0.15, 0.2) is 42.5 Å². The smallest absolute Gasteiger partial charge is 0.237 e. The van der Waals surface area contributed by atoms with E-state index in [4.69, 9.17) is 27.9 Å². The Bertz CT molecular complexity index is 1230. The summed E-state index contributed by atoms with van der Waals surface area (Å²) < 4.78 is 6.27. The van der Waals surface area contributed by atoms with Gasteiger partial charge in [-0.25, -0.2) is 0 Å². The molecule has 2 heterocycles. The highest BCUT2D eigenvalue weighted by Crippen LogP contribution is 2.58. The number of Topliss-reactive ketones (excluding diaryl/α,β-unsaturated/α-hetero) is 2. The van der Waals surface area contributed by atoms with E-state index in [0.29, 0.717) is 10.6 Å². The van der Waals surface area contributed by atoms with E-state index in [-0.39, 0.29) is 22.2 Å². The van der Waals surface area contributed by atoms with Crippen molar-refractivity contribution in [1.82, 2.24) is 4.90 Å². The number of carbonyl (C=O) groups excluding carboxylic acids is 4. The monoisotopic (exact) mass is 497 g/mol. The number of nitrogens with zero attached hydrogens (tertiary/aromatic N) is 1. The third-order valence-electron chi connectivity index (χ3n) is 7.76. The van der Waals surface area contributed by atoms with Crippen LogP contribution in [0.4, 0.5) is 0 Å². The van der Waals surface area contributed by atoms with E-state index in [0.717, 1.165) is 32.1 Å². The molecule has 2 aliphatic heterocycles. The largest absolute Gasteiger partial charge is 0.349 e. The highest BCUT2D eigenvalue weighted by molar-refractivity contribution is 6.36. The van der Waals surface area contributed by atoms with E-state index in [1.807, 2.05) is 0 Å². The Morgan fingerprint density at radius 2 is 1.50 bits per heavy atom. The van der Waals surface area contributed by atoms with Crippen molar-refractivity contribution in [2.24, 2.45) is 11.8 Å².